The second-order valence-electron chi connectivity index (χ2n) is 6.88. The summed E-state index contributed by atoms with van der Waals surface area (Å²) in [6.45, 7) is 0.125. The van der Waals surface area contributed by atoms with E-state index in [2.05, 4.69) is 10.4 Å². The lowest BCUT2D eigenvalue weighted by molar-refractivity contribution is -0.142. The first-order valence-corrected chi connectivity index (χ1v) is 9.42. The predicted molar refractivity (Wildman–Crippen MR) is 102 cm³/mol. The molecule has 1 amide bonds. The van der Waals surface area contributed by atoms with E-state index >= 15 is 0 Å². The highest BCUT2D eigenvalue weighted by Gasteiger charge is 2.39. The molecule has 2 aromatic heterocycles. The third-order valence-electron chi connectivity index (χ3n) is 4.96. The number of benzene rings is 1. The van der Waals surface area contributed by atoms with Crippen molar-refractivity contribution in [1.29, 1.82) is 0 Å². The monoisotopic (exact) mass is 437 g/mol. The topological polar surface area (TPSA) is 95.6 Å². The van der Waals surface area contributed by atoms with Gasteiger partial charge in [0.15, 0.2) is 17.0 Å². The summed E-state index contributed by atoms with van der Waals surface area (Å²) in [6.07, 6.45) is -4.30. The second kappa shape index (κ2) is 8.06. The Balaban J connectivity index is 1.51. The van der Waals surface area contributed by atoms with Gasteiger partial charge in [0.25, 0.3) is 5.91 Å². The van der Waals surface area contributed by atoms with Gasteiger partial charge < -0.3 is 19.2 Å². The van der Waals surface area contributed by atoms with E-state index in [0.29, 0.717) is 29.9 Å². The van der Waals surface area contributed by atoms with Crippen molar-refractivity contribution in [2.45, 2.75) is 25.7 Å². The van der Waals surface area contributed by atoms with E-state index in [9.17, 15) is 22.8 Å². The van der Waals surface area contributed by atoms with Crippen LogP contribution < -0.4 is 15.7 Å². The Labute approximate surface area is 173 Å². The summed E-state index contributed by atoms with van der Waals surface area (Å²) < 4.78 is 56.4. The fourth-order valence-corrected chi connectivity index (χ4v) is 3.53. The van der Waals surface area contributed by atoms with Crippen LogP contribution in [0.25, 0.3) is 11.0 Å². The lowest BCUT2D eigenvalue weighted by Crippen LogP contribution is -2.31. The maximum absolute atomic E-state index is 13.2. The molecule has 0 fully saturated rings. The van der Waals surface area contributed by atoms with Crippen molar-refractivity contribution < 1.29 is 31.9 Å². The van der Waals surface area contributed by atoms with Gasteiger partial charge >= 0.3 is 11.8 Å². The molecular formula is C20H18F3N3O5. The van der Waals surface area contributed by atoms with Crippen LogP contribution in [0.3, 0.4) is 0 Å². The Hall–Kier alpha value is -3.34. The van der Waals surface area contributed by atoms with Crippen LogP contribution in [0.2, 0.25) is 0 Å². The van der Waals surface area contributed by atoms with Gasteiger partial charge in [0.1, 0.15) is 5.56 Å². The summed E-state index contributed by atoms with van der Waals surface area (Å²) >= 11 is 0. The van der Waals surface area contributed by atoms with Crippen LogP contribution in [0.5, 0.6) is 5.75 Å². The first-order chi connectivity index (χ1) is 14.8. The smallest absolute Gasteiger partial charge is 0.435 e. The van der Waals surface area contributed by atoms with Crippen molar-refractivity contribution >= 4 is 16.9 Å². The van der Waals surface area contributed by atoms with Crippen molar-refractivity contribution in [2.24, 2.45) is 0 Å². The molecule has 31 heavy (non-hydrogen) atoms. The number of hydrogen-bond donors (Lipinski definition) is 1. The van der Waals surface area contributed by atoms with Crippen LogP contribution in [0.4, 0.5) is 13.2 Å². The van der Waals surface area contributed by atoms with Gasteiger partial charge in [-0.1, -0.05) is 12.1 Å². The van der Waals surface area contributed by atoms with Crippen molar-refractivity contribution in [3.63, 3.8) is 0 Å². The van der Waals surface area contributed by atoms with E-state index in [1.54, 1.807) is 18.2 Å². The molecule has 3 heterocycles. The Morgan fingerprint density at radius 1 is 1.35 bits per heavy atom. The molecule has 1 aliphatic rings. The van der Waals surface area contributed by atoms with Gasteiger partial charge in [0.05, 0.1) is 26.9 Å². The average molecular weight is 437 g/mol. The van der Waals surface area contributed by atoms with Gasteiger partial charge in [0, 0.05) is 29.6 Å². The number of halogens is 3. The van der Waals surface area contributed by atoms with Crippen molar-refractivity contribution in [1.82, 2.24) is 15.1 Å². The third kappa shape index (κ3) is 4.00. The van der Waals surface area contributed by atoms with Crippen LogP contribution >= 0.6 is 0 Å². The third-order valence-corrected chi connectivity index (χ3v) is 4.96. The first-order valence-electron chi connectivity index (χ1n) is 9.42. The summed E-state index contributed by atoms with van der Waals surface area (Å²) in [7, 11) is 1.43. The lowest BCUT2D eigenvalue weighted by atomic mass is 10.1. The molecule has 164 valence electrons. The van der Waals surface area contributed by atoms with Crippen molar-refractivity contribution in [3.05, 3.63) is 57.2 Å². The zero-order chi connectivity index (χ0) is 22.2. The van der Waals surface area contributed by atoms with Gasteiger partial charge in [-0.3, -0.25) is 9.48 Å². The molecular weight excluding hydrogens is 419 g/mol. The van der Waals surface area contributed by atoms with E-state index in [1.807, 2.05) is 0 Å². The van der Waals surface area contributed by atoms with Crippen molar-refractivity contribution in [3.8, 4) is 5.75 Å². The van der Waals surface area contributed by atoms with E-state index < -0.39 is 23.4 Å². The number of rotatable bonds is 5. The van der Waals surface area contributed by atoms with Gasteiger partial charge in [-0.05, 0) is 12.1 Å². The minimum absolute atomic E-state index is 0.0108. The Bertz CT molecular complexity index is 1200. The molecule has 0 unspecified atom stereocenters. The number of para-hydroxylation sites is 1. The van der Waals surface area contributed by atoms with E-state index in [4.69, 9.17) is 13.9 Å². The fourth-order valence-electron chi connectivity index (χ4n) is 3.53. The van der Waals surface area contributed by atoms with Gasteiger partial charge in [-0.25, -0.2) is 4.79 Å². The SMILES string of the molecule is COc1cccc2cc(C(=O)NCCn3nc(C(F)(F)F)c4c3CCOC4)c(=O)oc12. The van der Waals surface area contributed by atoms with E-state index in [1.165, 1.54) is 17.9 Å². The fraction of sp³-hybridized carbons (Fsp3) is 0.350. The molecule has 0 radical (unpaired) electrons. The number of nitrogens with zero attached hydrogens (tertiary/aromatic N) is 2. The maximum atomic E-state index is 13.2. The summed E-state index contributed by atoms with van der Waals surface area (Å²) in [5, 5.41) is 6.71. The highest BCUT2D eigenvalue weighted by atomic mass is 19.4. The van der Waals surface area contributed by atoms with E-state index in [0.717, 1.165) is 0 Å². The minimum Gasteiger partial charge on any atom is -0.493 e. The molecule has 8 nitrogen and oxygen atoms in total. The summed E-state index contributed by atoms with van der Waals surface area (Å²) in [5.74, 6) is -0.340. The molecule has 0 spiro atoms. The normalized spacial score (nSPS) is 13.8. The first kappa shape index (κ1) is 20.9. The molecule has 1 aliphatic heterocycles. The zero-order valence-electron chi connectivity index (χ0n) is 16.4. The largest absolute Gasteiger partial charge is 0.493 e. The number of ether oxygens (including phenoxy) is 2. The number of carbonyl (C=O) groups excluding carboxylic acids is 1. The van der Waals surface area contributed by atoms with Crippen LogP contribution in [0, 0.1) is 0 Å². The number of alkyl halides is 3. The van der Waals surface area contributed by atoms with Crippen LogP contribution in [-0.2, 0) is 30.5 Å². The number of hydrogen-bond acceptors (Lipinski definition) is 6. The molecule has 11 heteroatoms. The minimum atomic E-state index is -4.59. The van der Waals surface area contributed by atoms with Gasteiger partial charge in [0.2, 0.25) is 0 Å². The molecule has 1 N–H and O–H groups in total. The highest BCUT2D eigenvalue weighted by molar-refractivity contribution is 5.97. The van der Waals surface area contributed by atoms with Crippen LogP contribution in [0.1, 0.15) is 27.3 Å². The summed E-state index contributed by atoms with van der Waals surface area (Å²) in [4.78, 5) is 24.7. The van der Waals surface area contributed by atoms with Gasteiger partial charge in [-0.2, -0.15) is 18.3 Å². The standard InChI is InChI=1S/C20H18F3N3O5/c1-29-15-4-2-3-11-9-12(19(28)31-16(11)15)18(27)24-6-7-26-14-5-8-30-10-13(14)17(25-26)20(21,22)23/h2-4,9H,5-8,10H2,1H3,(H,24,27). The van der Waals surface area contributed by atoms with Crippen LogP contribution in [-0.4, -0.2) is 35.9 Å². The molecule has 1 aromatic carbocycles. The lowest BCUT2D eigenvalue weighted by Gasteiger charge is -2.15. The molecule has 0 saturated carbocycles. The maximum Gasteiger partial charge on any atom is 0.435 e. The second-order valence-corrected chi connectivity index (χ2v) is 6.88. The zero-order valence-corrected chi connectivity index (χ0v) is 16.4. The van der Waals surface area contributed by atoms with Gasteiger partial charge in [-0.15, -0.1) is 0 Å². The Morgan fingerprint density at radius 3 is 2.90 bits per heavy atom. The quantitative estimate of drug-likeness (QED) is 0.617. The average Bonchev–Trinajstić information content (AvgIpc) is 3.12. The molecule has 4 rings (SSSR count). The highest BCUT2D eigenvalue weighted by Crippen LogP contribution is 2.34. The number of aromatic nitrogens is 2. The molecule has 0 atom stereocenters. The summed E-state index contributed by atoms with van der Waals surface area (Å²) in [6, 6.07) is 6.35. The van der Waals surface area contributed by atoms with Crippen LogP contribution in [0.15, 0.2) is 33.5 Å². The number of methoxy groups -OCH3 is 1. The Morgan fingerprint density at radius 2 is 2.16 bits per heavy atom. The van der Waals surface area contributed by atoms with Crippen molar-refractivity contribution in [2.75, 3.05) is 20.3 Å². The molecule has 3 aromatic rings. The number of fused-ring (bicyclic) bond motifs is 2. The predicted octanol–water partition coefficient (Wildman–Crippen LogP) is 2.52. The van der Waals surface area contributed by atoms with E-state index in [-0.39, 0.29) is 36.4 Å². The number of amides is 1. The Kier molecular flexibility index (Phi) is 5.44. The molecule has 0 saturated heterocycles. The summed E-state index contributed by atoms with van der Waals surface area (Å²) in [5.41, 5.74) is -1.36. The number of nitrogens with one attached hydrogen (secondary N) is 1. The molecule has 0 aliphatic carbocycles. The molecule has 0 bridgehead atoms. The number of carbonyl (C=O) groups is 1.